The highest BCUT2D eigenvalue weighted by Crippen LogP contribution is 2.37. The Hall–Kier alpha value is -3.02. The Morgan fingerprint density at radius 3 is 1.95 bits per heavy atom. The van der Waals surface area contributed by atoms with Gasteiger partial charge in [0.15, 0.2) is 0 Å². The topological polar surface area (TPSA) is 47.6 Å². The number of fused-ring (bicyclic) bond motifs is 1. The van der Waals surface area contributed by atoms with Crippen molar-refractivity contribution in [1.29, 1.82) is 0 Å². The second-order valence-electron chi connectivity index (χ2n) is 8.76. The molecule has 1 fully saturated rings. The van der Waals surface area contributed by atoms with Crippen LogP contribution in [-0.4, -0.2) is 48.9 Å². The van der Waals surface area contributed by atoms with Gasteiger partial charge in [-0.25, -0.2) is 0 Å². The smallest absolute Gasteiger partial charge is 0.304 e. The summed E-state index contributed by atoms with van der Waals surface area (Å²) in [5, 5.41) is 1.88. The average Bonchev–Trinajstić information content (AvgIpc) is 2.83. The van der Waals surface area contributed by atoms with E-state index >= 15 is 0 Å². The van der Waals surface area contributed by atoms with E-state index in [1.54, 1.807) is 6.07 Å². The molecular weight excluding hydrogens is 522 g/mol. The summed E-state index contributed by atoms with van der Waals surface area (Å²) in [5.74, 6) is -0.596. The Balaban J connectivity index is 0.00000380. The summed E-state index contributed by atoms with van der Waals surface area (Å²) in [6.45, 7) is 2.52. The lowest BCUT2D eigenvalue weighted by molar-refractivity contribution is -0.143. The Morgan fingerprint density at radius 1 is 0.811 bits per heavy atom. The molecule has 1 aliphatic heterocycles. The number of rotatable bonds is 5. The first kappa shape index (κ1) is 28.5. The molecule has 1 heterocycles. The zero-order chi connectivity index (χ0) is 26.1. The summed E-state index contributed by atoms with van der Waals surface area (Å²) >= 11 is 0. The van der Waals surface area contributed by atoms with Gasteiger partial charge in [0.25, 0.3) is 5.91 Å². The molecule has 0 saturated carbocycles. The minimum atomic E-state index is -4.99. The van der Waals surface area contributed by atoms with Gasteiger partial charge in [0.05, 0.1) is 16.8 Å². The van der Waals surface area contributed by atoms with Gasteiger partial charge in [-0.05, 0) is 47.6 Å². The number of piperazine rings is 1. The summed E-state index contributed by atoms with van der Waals surface area (Å²) in [6, 6.07) is 13.4. The van der Waals surface area contributed by atoms with Gasteiger partial charge < -0.3 is 4.90 Å². The molecule has 1 unspecified atom stereocenters. The van der Waals surface area contributed by atoms with Crippen LogP contribution in [0.5, 0.6) is 0 Å². The van der Waals surface area contributed by atoms with Gasteiger partial charge in [0, 0.05) is 26.2 Å². The number of hydrazine groups is 1. The van der Waals surface area contributed by atoms with Crippen molar-refractivity contribution in [2.45, 2.75) is 18.4 Å². The molecule has 0 aromatic heterocycles. The first-order valence-corrected chi connectivity index (χ1v) is 11.2. The van der Waals surface area contributed by atoms with E-state index in [1.807, 2.05) is 48.3 Å². The maximum absolute atomic E-state index is 13.3. The SMILES string of the molecule is CN1CCN(C(C(=O)NNc2cc(C(F)(F)F)cc(C(F)(F)F)c2)c2ccc3ccccc3c2)CC1.Cl. The molecule has 0 aliphatic carbocycles. The third-order valence-corrected chi connectivity index (χ3v) is 6.16. The summed E-state index contributed by atoms with van der Waals surface area (Å²) in [6.07, 6.45) is -9.98. The highest BCUT2D eigenvalue weighted by Gasteiger charge is 2.37. The van der Waals surface area contributed by atoms with Crippen LogP contribution < -0.4 is 10.9 Å². The Labute approximate surface area is 215 Å². The fourth-order valence-electron chi connectivity index (χ4n) is 4.22. The number of benzene rings is 3. The van der Waals surface area contributed by atoms with E-state index in [4.69, 9.17) is 0 Å². The van der Waals surface area contributed by atoms with Gasteiger partial charge in [0.1, 0.15) is 6.04 Å². The zero-order valence-corrected chi connectivity index (χ0v) is 20.5. The number of nitrogens with one attached hydrogen (secondary N) is 2. The molecule has 37 heavy (non-hydrogen) atoms. The van der Waals surface area contributed by atoms with Crippen LogP contribution in [0.4, 0.5) is 32.0 Å². The largest absolute Gasteiger partial charge is 0.416 e. The van der Waals surface area contributed by atoms with Gasteiger partial charge >= 0.3 is 12.4 Å². The lowest BCUT2D eigenvalue weighted by Gasteiger charge is -2.37. The number of hydrogen-bond donors (Lipinski definition) is 2. The van der Waals surface area contributed by atoms with Crippen LogP contribution in [0.15, 0.2) is 60.7 Å². The molecular formula is C25H25ClF6N4O. The van der Waals surface area contributed by atoms with Crippen molar-refractivity contribution >= 4 is 34.8 Å². The number of anilines is 1. The molecule has 1 aliphatic rings. The van der Waals surface area contributed by atoms with Gasteiger partial charge in [-0.3, -0.25) is 20.5 Å². The predicted molar refractivity (Wildman–Crippen MR) is 131 cm³/mol. The summed E-state index contributed by atoms with van der Waals surface area (Å²) in [7, 11) is 1.95. The van der Waals surface area contributed by atoms with Crippen molar-refractivity contribution in [3.8, 4) is 0 Å². The molecule has 4 rings (SSSR count). The molecule has 1 saturated heterocycles. The number of alkyl halides is 6. The number of carbonyl (C=O) groups is 1. The zero-order valence-electron chi connectivity index (χ0n) is 19.7. The minimum absolute atomic E-state index is 0. The first-order chi connectivity index (χ1) is 16.9. The van der Waals surface area contributed by atoms with Gasteiger partial charge in [-0.2, -0.15) is 26.3 Å². The van der Waals surface area contributed by atoms with E-state index in [0.717, 1.165) is 10.8 Å². The molecule has 2 N–H and O–H groups in total. The molecule has 0 spiro atoms. The predicted octanol–water partition coefficient (Wildman–Crippen LogP) is 5.73. The Kier molecular flexibility index (Phi) is 8.61. The van der Waals surface area contributed by atoms with Gasteiger partial charge in [0.2, 0.25) is 0 Å². The first-order valence-electron chi connectivity index (χ1n) is 11.2. The molecule has 3 aromatic rings. The minimum Gasteiger partial charge on any atom is -0.304 e. The number of nitrogens with zero attached hydrogens (tertiary/aromatic N) is 2. The summed E-state index contributed by atoms with van der Waals surface area (Å²) in [5.41, 5.74) is 1.79. The van der Waals surface area contributed by atoms with Crippen LogP contribution in [0, 0.1) is 0 Å². The standard InChI is InChI=1S/C25H24F6N4O.ClH/c1-34-8-10-35(11-9-34)22(18-7-6-16-4-2-3-5-17(16)12-18)23(36)33-32-21-14-19(24(26,27)28)13-20(15-21)25(29,30)31;/h2-7,12-15,22,32H,8-11H2,1H3,(H,33,36);1H. The average molecular weight is 547 g/mol. The van der Waals surface area contributed by atoms with Crippen molar-refractivity contribution in [2.24, 2.45) is 0 Å². The number of amides is 1. The lowest BCUT2D eigenvalue weighted by Crippen LogP contribution is -2.50. The quantitative estimate of drug-likeness (QED) is 0.317. The second kappa shape index (κ2) is 11.2. The molecule has 3 aromatic carbocycles. The molecule has 5 nitrogen and oxygen atoms in total. The maximum Gasteiger partial charge on any atom is 0.416 e. The van der Waals surface area contributed by atoms with E-state index < -0.39 is 41.1 Å². The van der Waals surface area contributed by atoms with Crippen LogP contribution in [0.3, 0.4) is 0 Å². The third kappa shape index (κ3) is 6.85. The summed E-state index contributed by atoms with van der Waals surface area (Å²) in [4.78, 5) is 17.4. The molecule has 0 radical (unpaired) electrons. The maximum atomic E-state index is 13.3. The molecule has 12 heteroatoms. The number of halogens is 7. The van der Waals surface area contributed by atoms with Gasteiger partial charge in [-0.15, -0.1) is 12.4 Å². The normalized spacial score (nSPS) is 16.2. The van der Waals surface area contributed by atoms with Crippen LogP contribution in [0.1, 0.15) is 22.7 Å². The summed E-state index contributed by atoms with van der Waals surface area (Å²) < 4.78 is 79.2. The van der Waals surface area contributed by atoms with E-state index in [9.17, 15) is 31.1 Å². The van der Waals surface area contributed by atoms with Gasteiger partial charge in [-0.1, -0.05) is 36.4 Å². The molecule has 1 amide bonds. The van der Waals surface area contributed by atoms with Crippen molar-refractivity contribution in [1.82, 2.24) is 15.2 Å². The number of likely N-dealkylation sites (N-methyl/N-ethyl adjacent to an activating group) is 1. The second-order valence-corrected chi connectivity index (χ2v) is 8.76. The number of carbonyl (C=O) groups excluding carboxylic acids is 1. The van der Waals surface area contributed by atoms with E-state index in [0.29, 0.717) is 43.9 Å². The Morgan fingerprint density at radius 2 is 1.38 bits per heavy atom. The fourth-order valence-corrected chi connectivity index (χ4v) is 4.22. The highest BCUT2D eigenvalue weighted by molar-refractivity contribution is 5.88. The highest BCUT2D eigenvalue weighted by atomic mass is 35.5. The third-order valence-electron chi connectivity index (χ3n) is 6.16. The fraction of sp³-hybridized carbons (Fsp3) is 0.320. The Bertz CT molecular complexity index is 1210. The van der Waals surface area contributed by atoms with Crippen LogP contribution in [0.25, 0.3) is 10.8 Å². The van der Waals surface area contributed by atoms with Crippen molar-refractivity contribution in [3.63, 3.8) is 0 Å². The van der Waals surface area contributed by atoms with E-state index in [2.05, 4.69) is 15.8 Å². The van der Waals surface area contributed by atoms with Crippen molar-refractivity contribution < 1.29 is 31.1 Å². The van der Waals surface area contributed by atoms with Crippen molar-refractivity contribution in [2.75, 3.05) is 38.7 Å². The van der Waals surface area contributed by atoms with E-state index in [-0.39, 0.29) is 18.5 Å². The van der Waals surface area contributed by atoms with Crippen LogP contribution >= 0.6 is 12.4 Å². The lowest BCUT2D eigenvalue weighted by atomic mass is 9.99. The van der Waals surface area contributed by atoms with Crippen LogP contribution in [0.2, 0.25) is 0 Å². The number of hydrogen-bond acceptors (Lipinski definition) is 4. The van der Waals surface area contributed by atoms with Crippen molar-refractivity contribution in [3.05, 3.63) is 77.4 Å². The molecule has 0 bridgehead atoms. The van der Waals surface area contributed by atoms with E-state index in [1.165, 1.54) is 0 Å². The van der Waals surface area contributed by atoms with Crippen LogP contribution in [-0.2, 0) is 17.1 Å². The monoisotopic (exact) mass is 546 g/mol. The molecule has 200 valence electrons. The molecule has 1 atom stereocenters.